The van der Waals surface area contributed by atoms with Gasteiger partial charge in [0.25, 0.3) is 5.91 Å². The molecule has 0 bridgehead atoms. The van der Waals surface area contributed by atoms with Gasteiger partial charge < -0.3 is 10.0 Å². The van der Waals surface area contributed by atoms with Crippen LogP contribution in [-0.2, 0) is 6.42 Å². The number of para-hydroxylation sites is 1. The number of piperidine rings is 1. The highest BCUT2D eigenvalue weighted by molar-refractivity contribution is 6.07. The van der Waals surface area contributed by atoms with Crippen LogP contribution in [0.3, 0.4) is 0 Å². The normalized spacial score (nSPS) is 23.9. The minimum Gasteiger partial charge on any atom is -0.388 e. The van der Waals surface area contributed by atoms with Crippen molar-refractivity contribution in [1.29, 1.82) is 0 Å². The smallest absolute Gasteiger partial charge is 0.254 e. The number of aliphatic hydroxyl groups is 1. The van der Waals surface area contributed by atoms with E-state index in [-0.39, 0.29) is 5.91 Å². The zero-order valence-corrected chi connectivity index (χ0v) is 15.1. The van der Waals surface area contributed by atoms with Crippen molar-refractivity contribution >= 4 is 16.8 Å². The van der Waals surface area contributed by atoms with E-state index in [0.717, 1.165) is 66.4 Å². The number of pyridine rings is 1. The van der Waals surface area contributed by atoms with Gasteiger partial charge in [0.1, 0.15) is 0 Å². The van der Waals surface area contributed by atoms with E-state index in [1.165, 1.54) is 0 Å². The van der Waals surface area contributed by atoms with Crippen LogP contribution in [0.2, 0.25) is 0 Å². The van der Waals surface area contributed by atoms with E-state index in [9.17, 15) is 9.90 Å². The summed E-state index contributed by atoms with van der Waals surface area (Å²) in [6.45, 7) is 5.27. The van der Waals surface area contributed by atoms with Crippen molar-refractivity contribution in [2.45, 2.75) is 51.6 Å². The van der Waals surface area contributed by atoms with Gasteiger partial charge >= 0.3 is 0 Å². The topological polar surface area (TPSA) is 53.4 Å². The first-order valence-electron chi connectivity index (χ1n) is 9.43. The first-order chi connectivity index (χ1) is 12.0. The van der Waals surface area contributed by atoms with E-state index in [2.05, 4.69) is 6.92 Å². The molecule has 1 atom stereocenters. The number of rotatable bonds is 3. The van der Waals surface area contributed by atoms with E-state index >= 15 is 0 Å². The third-order valence-electron chi connectivity index (χ3n) is 5.91. The minimum atomic E-state index is -0.682. The van der Waals surface area contributed by atoms with E-state index in [0.29, 0.717) is 12.5 Å². The van der Waals surface area contributed by atoms with Crippen LogP contribution >= 0.6 is 0 Å². The summed E-state index contributed by atoms with van der Waals surface area (Å²) in [6.07, 6.45) is 4.69. The molecular weight excluding hydrogens is 312 g/mol. The van der Waals surface area contributed by atoms with Crippen LogP contribution in [0.1, 0.15) is 54.2 Å². The second-order valence-corrected chi connectivity index (χ2v) is 7.64. The first kappa shape index (κ1) is 16.5. The monoisotopic (exact) mass is 338 g/mol. The molecule has 0 radical (unpaired) electrons. The molecule has 1 saturated carbocycles. The molecule has 2 fully saturated rings. The summed E-state index contributed by atoms with van der Waals surface area (Å²) < 4.78 is 0. The Bertz CT molecular complexity index is 828. The Balaban J connectivity index is 1.75. The lowest BCUT2D eigenvalue weighted by atomic mass is 9.87. The van der Waals surface area contributed by atoms with E-state index in [1.54, 1.807) is 0 Å². The molecule has 2 heterocycles. The van der Waals surface area contributed by atoms with E-state index in [1.807, 2.05) is 36.1 Å². The SMILES string of the molecule is CCc1nc2ccccc2c(C(=O)N2CCCC(O)(C3CC3)C2)c1C. The van der Waals surface area contributed by atoms with E-state index in [4.69, 9.17) is 4.98 Å². The van der Waals surface area contributed by atoms with Gasteiger partial charge in [-0.25, -0.2) is 0 Å². The second kappa shape index (κ2) is 6.10. The number of carbonyl (C=O) groups is 1. The molecule has 1 saturated heterocycles. The van der Waals surface area contributed by atoms with Gasteiger partial charge in [-0.2, -0.15) is 0 Å². The summed E-state index contributed by atoms with van der Waals surface area (Å²) in [5.74, 6) is 0.425. The summed E-state index contributed by atoms with van der Waals surface area (Å²) in [6, 6.07) is 7.88. The van der Waals surface area contributed by atoms with Crippen molar-refractivity contribution in [3.8, 4) is 0 Å². The van der Waals surface area contributed by atoms with Gasteiger partial charge in [-0.15, -0.1) is 0 Å². The number of β-amino-alcohol motifs (C(OH)–C–C–N with tert-alkyl or cyclic N) is 1. The molecule has 2 aliphatic rings. The Morgan fingerprint density at radius 1 is 1.36 bits per heavy atom. The average molecular weight is 338 g/mol. The molecule has 1 N–H and O–H groups in total. The van der Waals surface area contributed by atoms with Crippen LogP contribution in [0.5, 0.6) is 0 Å². The first-order valence-corrected chi connectivity index (χ1v) is 9.43. The maximum atomic E-state index is 13.4. The van der Waals surface area contributed by atoms with Crippen LogP contribution in [-0.4, -0.2) is 39.6 Å². The van der Waals surface area contributed by atoms with Gasteiger partial charge in [0, 0.05) is 24.2 Å². The highest BCUT2D eigenvalue weighted by atomic mass is 16.3. The Kier molecular flexibility index (Phi) is 4.03. The lowest BCUT2D eigenvalue weighted by molar-refractivity contribution is -0.0407. The molecule has 1 aliphatic carbocycles. The highest BCUT2D eigenvalue weighted by Crippen LogP contribution is 2.44. The molecule has 4 rings (SSSR count). The van der Waals surface area contributed by atoms with Gasteiger partial charge in [-0.1, -0.05) is 25.1 Å². The average Bonchev–Trinajstić information content (AvgIpc) is 3.46. The number of hydrogen-bond acceptors (Lipinski definition) is 3. The van der Waals surface area contributed by atoms with Gasteiger partial charge in [0.15, 0.2) is 0 Å². The fraction of sp³-hybridized carbons (Fsp3) is 0.524. The summed E-state index contributed by atoms with van der Waals surface area (Å²) in [7, 11) is 0. The van der Waals surface area contributed by atoms with Crippen molar-refractivity contribution in [2.24, 2.45) is 5.92 Å². The molecule has 1 aliphatic heterocycles. The molecular formula is C21H26N2O2. The van der Waals surface area contributed by atoms with Crippen molar-refractivity contribution in [3.05, 3.63) is 41.1 Å². The number of hydrogen-bond donors (Lipinski definition) is 1. The molecule has 25 heavy (non-hydrogen) atoms. The maximum absolute atomic E-state index is 13.4. The zero-order chi connectivity index (χ0) is 17.6. The summed E-state index contributed by atoms with van der Waals surface area (Å²) in [5.41, 5.74) is 2.92. The predicted octanol–water partition coefficient (Wildman–Crippen LogP) is 3.48. The summed E-state index contributed by atoms with van der Waals surface area (Å²) in [4.78, 5) is 20.0. The molecule has 1 aromatic carbocycles. The molecule has 1 aromatic heterocycles. The second-order valence-electron chi connectivity index (χ2n) is 7.64. The molecule has 132 valence electrons. The number of likely N-dealkylation sites (tertiary alicyclic amines) is 1. The number of benzene rings is 1. The van der Waals surface area contributed by atoms with Crippen LogP contribution in [0.4, 0.5) is 0 Å². The van der Waals surface area contributed by atoms with Crippen molar-refractivity contribution < 1.29 is 9.90 Å². The highest BCUT2D eigenvalue weighted by Gasteiger charge is 2.47. The van der Waals surface area contributed by atoms with Gasteiger partial charge in [-0.3, -0.25) is 9.78 Å². The third kappa shape index (κ3) is 2.82. The van der Waals surface area contributed by atoms with Crippen molar-refractivity contribution in [1.82, 2.24) is 9.88 Å². The predicted molar refractivity (Wildman–Crippen MR) is 98.7 cm³/mol. The molecule has 0 spiro atoms. The van der Waals surface area contributed by atoms with Crippen LogP contribution < -0.4 is 0 Å². The van der Waals surface area contributed by atoms with E-state index < -0.39 is 5.60 Å². The van der Waals surface area contributed by atoms with Gasteiger partial charge in [0.05, 0.1) is 16.7 Å². The number of aromatic nitrogens is 1. The molecule has 4 heteroatoms. The number of nitrogens with zero attached hydrogens (tertiary/aromatic N) is 2. The quantitative estimate of drug-likeness (QED) is 0.932. The zero-order valence-electron chi connectivity index (χ0n) is 15.1. The Hall–Kier alpha value is -1.94. The molecule has 2 aromatic rings. The number of aryl methyl sites for hydroxylation is 1. The fourth-order valence-electron chi connectivity index (χ4n) is 4.33. The van der Waals surface area contributed by atoms with Crippen LogP contribution in [0, 0.1) is 12.8 Å². The summed E-state index contributed by atoms with van der Waals surface area (Å²) >= 11 is 0. The Morgan fingerprint density at radius 2 is 2.12 bits per heavy atom. The maximum Gasteiger partial charge on any atom is 0.254 e. The molecule has 4 nitrogen and oxygen atoms in total. The van der Waals surface area contributed by atoms with Crippen molar-refractivity contribution in [3.63, 3.8) is 0 Å². The molecule has 1 unspecified atom stereocenters. The largest absolute Gasteiger partial charge is 0.388 e. The Labute approximate surface area is 148 Å². The lowest BCUT2D eigenvalue weighted by Gasteiger charge is -2.40. The van der Waals surface area contributed by atoms with Gasteiger partial charge in [0.2, 0.25) is 0 Å². The minimum absolute atomic E-state index is 0.0459. The number of carbonyl (C=O) groups excluding carboxylic acids is 1. The number of amides is 1. The third-order valence-corrected chi connectivity index (χ3v) is 5.91. The number of fused-ring (bicyclic) bond motifs is 1. The Morgan fingerprint density at radius 3 is 2.84 bits per heavy atom. The standard InChI is InChI=1S/C21H26N2O2/c1-3-17-14(2)19(16-7-4-5-8-18(16)22-17)20(24)23-12-6-11-21(25,13-23)15-9-10-15/h4-5,7-8,15,25H,3,6,9-13H2,1-2H3. The summed E-state index contributed by atoms with van der Waals surface area (Å²) in [5, 5.41) is 11.9. The van der Waals surface area contributed by atoms with Crippen LogP contribution in [0.15, 0.2) is 24.3 Å². The van der Waals surface area contributed by atoms with Crippen LogP contribution in [0.25, 0.3) is 10.9 Å². The van der Waals surface area contributed by atoms with Gasteiger partial charge in [-0.05, 0) is 56.6 Å². The fourth-order valence-corrected chi connectivity index (χ4v) is 4.33. The lowest BCUT2D eigenvalue weighted by Crippen LogP contribution is -2.51. The molecule has 1 amide bonds. The van der Waals surface area contributed by atoms with Crippen molar-refractivity contribution in [2.75, 3.05) is 13.1 Å².